The predicted molar refractivity (Wildman–Crippen MR) is 63.6 cm³/mol. The quantitative estimate of drug-likeness (QED) is 0.773. The molecule has 0 spiro atoms. The highest BCUT2D eigenvalue weighted by atomic mass is 16.1. The maximum atomic E-state index is 12.2. The summed E-state index contributed by atoms with van der Waals surface area (Å²) in [6.45, 7) is 4.63. The van der Waals surface area contributed by atoms with Crippen molar-refractivity contribution in [3.63, 3.8) is 0 Å². The van der Waals surface area contributed by atoms with Crippen molar-refractivity contribution in [2.45, 2.75) is 46.0 Å². The minimum Gasteiger partial charge on any atom is -0.330 e. The summed E-state index contributed by atoms with van der Waals surface area (Å²) < 4.78 is 0. The van der Waals surface area contributed by atoms with Gasteiger partial charge in [-0.2, -0.15) is 0 Å². The molecule has 1 rings (SSSR count). The summed E-state index contributed by atoms with van der Waals surface area (Å²) in [7, 11) is 0. The highest BCUT2D eigenvalue weighted by molar-refractivity contribution is 5.97. The fourth-order valence-electron chi connectivity index (χ4n) is 2.16. The summed E-state index contributed by atoms with van der Waals surface area (Å²) in [6.07, 6.45) is 7.81. The van der Waals surface area contributed by atoms with Crippen LogP contribution in [0.25, 0.3) is 0 Å². The van der Waals surface area contributed by atoms with E-state index in [1.807, 2.05) is 0 Å². The molecule has 0 aromatic rings. The number of hydrogen-bond donors (Lipinski definition) is 1. The van der Waals surface area contributed by atoms with Gasteiger partial charge in [0.25, 0.3) is 0 Å². The number of nitrogens with two attached hydrogens (primary N) is 1. The Morgan fingerprint density at radius 1 is 1.40 bits per heavy atom. The van der Waals surface area contributed by atoms with Crippen molar-refractivity contribution in [1.29, 1.82) is 0 Å². The third-order valence-corrected chi connectivity index (χ3v) is 3.25. The fraction of sp³-hybridized carbons (Fsp3) is 0.769. The average Bonchev–Trinajstić information content (AvgIpc) is 2.45. The molecule has 86 valence electrons. The van der Waals surface area contributed by atoms with E-state index < -0.39 is 0 Å². The lowest BCUT2D eigenvalue weighted by atomic mass is 9.86. The number of rotatable bonds is 4. The molecule has 0 aromatic carbocycles. The Morgan fingerprint density at radius 3 is 2.73 bits per heavy atom. The van der Waals surface area contributed by atoms with Gasteiger partial charge in [-0.3, -0.25) is 4.79 Å². The van der Waals surface area contributed by atoms with Crippen LogP contribution in [0.15, 0.2) is 11.6 Å². The van der Waals surface area contributed by atoms with Gasteiger partial charge in [0, 0.05) is 12.5 Å². The maximum Gasteiger partial charge on any atom is 0.163 e. The molecular weight excluding hydrogens is 186 g/mol. The molecule has 1 aliphatic carbocycles. The predicted octanol–water partition coefficient (Wildman–Crippen LogP) is 2.68. The lowest BCUT2D eigenvalue weighted by Gasteiger charge is -2.18. The first-order chi connectivity index (χ1) is 7.16. The van der Waals surface area contributed by atoms with Crippen LogP contribution in [0.3, 0.4) is 0 Å². The first-order valence-corrected chi connectivity index (χ1v) is 6.10. The number of allylic oxidation sites excluding steroid dienone is 2. The summed E-state index contributed by atoms with van der Waals surface area (Å²) >= 11 is 0. The maximum absolute atomic E-state index is 12.2. The van der Waals surface area contributed by atoms with Crippen molar-refractivity contribution in [2.24, 2.45) is 17.6 Å². The van der Waals surface area contributed by atoms with Crippen LogP contribution in [0.1, 0.15) is 46.0 Å². The van der Waals surface area contributed by atoms with Crippen LogP contribution in [-0.2, 0) is 4.79 Å². The highest BCUT2D eigenvalue weighted by Gasteiger charge is 2.23. The Hall–Kier alpha value is -0.630. The van der Waals surface area contributed by atoms with Crippen molar-refractivity contribution in [3.8, 4) is 0 Å². The third kappa shape index (κ3) is 3.45. The zero-order valence-corrected chi connectivity index (χ0v) is 9.96. The Bertz CT molecular complexity index is 243. The van der Waals surface area contributed by atoms with Gasteiger partial charge in [0.15, 0.2) is 5.78 Å². The Labute approximate surface area is 92.9 Å². The van der Waals surface area contributed by atoms with Gasteiger partial charge in [-0.25, -0.2) is 0 Å². The first-order valence-electron chi connectivity index (χ1n) is 6.10. The first kappa shape index (κ1) is 12.4. The summed E-state index contributed by atoms with van der Waals surface area (Å²) in [5.41, 5.74) is 6.71. The van der Waals surface area contributed by atoms with Crippen molar-refractivity contribution in [2.75, 3.05) is 6.54 Å². The Morgan fingerprint density at radius 2 is 2.13 bits per heavy atom. The largest absolute Gasteiger partial charge is 0.330 e. The van der Waals surface area contributed by atoms with Crippen LogP contribution in [0.5, 0.6) is 0 Å². The van der Waals surface area contributed by atoms with Gasteiger partial charge in [0.05, 0.1) is 0 Å². The van der Waals surface area contributed by atoms with E-state index in [9.17, 15) is 4.79 Å². The Balaban J connectivity index is 2.68. The third-order valence-electron chi connectivity index (χ3n) is 3.25. The van der Waals surface area contributed by atoms with Crippen LogP contribution in [-0.4, -0.2) is 12.3 Å². The van der Waals surface area contributed by atoms with Gasteiger partial charge < -0.3 is 5.73 Å². The minimum atomic E-state index is 0.0225. The lowest BCUT2D eigenvalue weighted by Crippen LogP contribution is -2.29. The molecule has 0 bridgehead atoms. The molecular formula is C13H23NO. The highest BCUT2D eigenvalue weighted by Crippen LogP contribution is 2.23. The Kier molecular flexibility index (Phi) is 5.03. The molecule has 0 radical (unpaired) electrons. The van der Waals surface area contributed by atoms with Crippen LogP contribution < -0.4 is 5.73 Å². The zero-order chi connectivity index (χ0) is 11.3. The molecule has 2 N–H and O–H groups in total. The van der Waals surface area contributed by atoms with Crippen molar-refractivity contribution >= 4 is 5.78 Å². The minimum absolute atomic E-state index is 0.0225. The average molecular weight is 209 g/mol. The lowest BCUT2D eigenvalue weighted by molar-refractivity contribution is -0.120. The molecule has 0 saturated heterocycles. The molecule has 0 aliphatic heterocycles. The van der Waals surface area contributed by atoms with Gasteiger partial charge in [-0.15, -0.1) is 0 Å². The van der Waals surface area contributed by atoms with E-state index in [1.165, 1.54) is 12.8 Å². The van der Waals surface area contributed by atoms with Crippen LogP contribution in [0, 0.1) is 11.8 Å². The van der Waals surface area contributed by atoms with Gasteiger partial charge in [0.2, 0.25) is 0 Å². The number of carbonyl (C=O) groups is 1. The zero-order valence-electron chi connectivity index (χ0n) is 9.96. The monoisotopic (exact) mass is 209 g/mol. The van der Waals surface area contributed by atoms with E-state index in [-0.39, 0.29) is 5.92 Å². The second-order valence-electron chi connectivity index (χ2n) is 4.78. The summed E-state index contributed by atoms with van der Waals surface area (Å²) in [4.78, 5) is 12.2. The van der Waals surface area contributed by atoms with Crippen molar-refractivity contribution in [1.82, 2.24) is 0 Å². The second kappa shape index (κ2) is 6.06. The molecule has 2 heteroatoms. The van der Waals surface area contributed by atoms with Crippen LogP contribution >= 0.6 is 0 Å². The van der Waals surface area contributed by atoms with Gasteiger partial charge in [-0.05, 0) is 37.2 Å². The smallest absolute Gasteiger partial charge is 0.163 e. The van der Waals surface area contributed by atoms with Crippen molar-refractivity contribution in [3.05, 3.63) is 11.6 Å². The molecule has 0 aromatic heterocycles. The molecule has 0 saturated carbocycles. The molecule has 1 unspecified atom stereocenters. The topological polar surface area (TPSA) is 43.1 Å². The number of Topliss-reactive ketones (excluding diaryl/α,β-unsaturated/α-hetero) is 1. The van der Waals surface area contributed by atoms with Gasteiger partial charge in [-0.1, -0.05) is 26.3 Å². The van der Waals surface area contributed by atoms with Crippen LogP contribution in [0.4, 0.5) is 0 Å². The molecule has 0 fully saturated rings. The summed E-state index contributed by atoms with van der Waals surface area (Å²) in [6, 6.07) is 0. The van der Waals surface area contributed by atoms with Gasteiger partial charge in [0.1, 0.15) is 0 Å². The van der Waals surface area contributed by atoms with Crippen LogP contribution in [0.2, 0.25) is 0 Å². The standard InChI is InChI=1S/C13H23NO/c1-10(2)12(9-14)13(15)11-7-5-3-4-6-8-11/h7,10,12H,3-6,8-9,14H2,1-2H3. The van der Waals surface area contributed by atoms with E-state index in [4.69, 9.17) is 5.73 Å². The summed E-state index contributed by atoms with van der Waals surface area (Å²) in [5, 5.41) is 0. The molecule has 0 heterocycles. The van der Waals surface area contributed by atoms with E-state index in [0.717, 1.165) is 24.8 Å². The number of carbonyl (C=O) groups excluding carboxylic acids is 1. The van der Waals surface area contributed by atoms with Gasteiger partial charge >= 0.3 is 0 Å². The number of ketones is 1. The fourth-order valence-corrected chi connectivity index (χ4v) is 2.16. The molecule has 1 atom stereocenters. The number of hydrogen-bond acceptors (Lipinski definition) is 2. The molecule has 2 nitrogen and oxygen atoms in total. The van der Waals surface area contributed by atoms with E-state index in [2.05, 4.69) is 19.9 Å². The van der Waals surface area contributed by atoms with E-state index >= 15 is 0 Å². The van der Waals surface area contributed by atoms with Crippen molar-refractivity contribution < 1.29 is 4.79 Å². The SMILES string of the molecule is CC(C)C(CN)C(=O)C1=CCCCCC1. The second-order valence-corrected chi connectivity index (χ2v) is 4.78. The summed E-state index contributed by atoms with van der Waals surface area (Å²) in [5.74, 6) is 0.676. The molecule has 1 aliphatic rings. The van der Waals surface area contributed by atoms with E-state index in [0.29, 0.717) is 18.2 Å². The van der Waals surface area contributed by atoms with E-state index in [1.54, 1.807) is 0 Å². The molecule has 0 amide bonds. The molecule has 15 heavy (non-hydrogen) atoms. The normalized spacial score (nSPS) is 19.6.